The second kappa shape index (κ2) is 10.8. The molecule has 1 heterocycles. The Labute approximate surface area is 219 Å². The zero-order valence-corrected chi connectivity index (χ0v) is 20.8. The lowest BCUT2D eigenvalue weighted by molar-refractivity contribution is -0.138. The van der Waals surface area contributed by atoms with Crippen molar-refractivity contribution in [2.75, 3.05) is 7.11 Å². The third-order valence-electron chi connectivity index (χ3n) is 6.07. The number of nitrogens with zero attached hydrogens (tertiary/aromatic N) is 2. The first-order chi connectivity index (χ1) is 18.0. The Bertz CT molecular complexity index is 1580. The van der Waals surface area contributed by atoms with E-state index >= 15 is 0 Å². The van der Waals surface area contributed by atoms with Crippen LogP contribution < -0.4 is 21.7 Å². The van der Waals surface area contributed by atoms with Gasteiger partial charge >= 0.3 is 11.9 Å². The number of hydrogen-bond donors (Lipinski definition) is 1. The lowest BCUT2D eigenvalue weighted by Gasteiger charge is -2.19. The summed E-state index contributed by atoms with van der Waals surface area (Å²) in [5.74, 6) is -0.909. The molecule has 6 nitrogen and oxygen atoms in total. The number of nitrogens with two attached hydrogens (primary N) is 1. The fourth-order valence-corrected chi connectivity index (χ4v) is 4.45. The molecule has 1 atom stereocenters. The molecule has 2 N–H and O–H groups in total. The number of alkyl halides is 3. The van der Waals surface area contributed by atoms with E-state index in [2.05, 4.69) is 0 Å². The molecule has 4 rings (SSSR count). The summed E-state index contributed by atoms with van der Waals surface area (Å²) in [7, 11) is 1.37. The van der Waals surface area contributed by atoms with Crippen molar-refractivity contribution in [3.05, 3.63) is 121 Å². The van der Waals surface area contributed by atoms with Crippen molar-refractivity contribution in [2.24, 2.45) is 5.73 Å². The van der Waals surface area contributed by atoms with Gasteiger partial charge in [0.1, 0.15) is 11.6 Å². The number of halogens is 5. The van der Waals surface area contributed by atoms with E-state index in [4.69, 9.17) is 22.1 Å². The van der Waals surface area contributed by atoms with Crippen molar-refractivity contribution in [3.8, 4) is 16.9 Å². The van der Waals surface area contributed by atoms with Gasteiger partial charge in [-0.2, -0.15) is 13.2 Å². The molecule has 0 saturated carbocycles. The summed E-state index contributed by atoms with van der Waals surface area (Å²) < 4.78 is 62.5. The Kier molecular flexibility index (Phi) is 7.75. The van der Waals surface area contributed by atoms with Gasteiger partial charge in [0.25, 0.3) is 5.56 Å². The van der Waals surface area contributed by atoms with Crippen molar-refractivity contribution < 1.29 is 22.3 Å². The maximum absolute atomic E-state index is 14.7. The van der Waals surface area contributed by atoms with Crippen LogP contribution in [0.4, 0.5) is 17.6 Å². The van der Waals surface area contributed by atoms with Gasteiger partial charge < -0.3 is 10.5 Å². The molecule has 0 aliphatic rings. The summed E-state index contributed by atoms with van der Waals surface area (Å²) in [5.41, 5.74) is 3.28. The minimum atomic E-state index is -4.87. The standard InChI is InChI=1S/C27H22ClF4N3O3/c1-38-23-12-5-9-17(24(23)28)18-13-34(14-19-20(27(30,31)32)10-6-11-21(19)29)26(37)35(25(18)36)15-22(33)16-7-3-2-4-8-16/h2-13,22H,14-15,33H2,1H3. The Balaban J connectivity index is 1.94. The molecule has 0 radical (unpaired) electrons. The first-order valence-electron chi connectivity index (χ1n) is 11.3. The van der Waals surface area contributed by atoms with Crippen LogP contribution in [0.15, 0.2) is 82.5 Å². The lowest BCUT2D eigenvalue weighted by Crippen LogP contribution is -2.43. The topological polar surface area (TPSA) is 79.2 Å². The number of aromatic nitrogens is 2. The highest BCUT2D eigenvalue weighted by atomic mass is 35.5. The van der Waals surface area contributed by atoms with Gasteiger partial charge in [0.05, 0.1) is 36.3 Å². The predicted molar refractivity (Wildman–Crippen MR) is 136 cm³/mol. The first kappa shape index (κ1) is 27.2. The van der Waals surface area contributed by atoms with Crippen LogP contribution in [0, 0.1) is 5.82 Å². The van der Waals surface area contributed by atoms with E-state index in [-0.39, 0.29) is 28.4 Å². The molecule has 3 aromatic carbocycles. The van der Waals surface area contributed by atoms with E-state index in [1.54, 1.807) is 42.5 Å². The van der Waals surface area contributed by atoms with Crippen molar-refractivity contribution in [3.63, 3.8) is 0 Å². The largest absolute Gasteiger partial charge is 0.495 e. The Morgan fingerprint density at radius 1 is 0.974 bits per heavy atom. The van der Waals surface area contributed by atoms with Crippen LogP contribution >= 0.6 is 11.6 Å². The summed E-state index contributed by atoms with van der Waals surface area (Å²) in [6.07, 6.45) is -3.80. The predicted octanol–water partition coefficient (Wildman–Crippen LogP) is 5.25. The summed E-state index contributed by atoms with van der Waals surface area (Å²) >= 11 is 6.44. The molecule has 0 aliphatic heterocycles. The highest BCUT2D eigenvalue weighted by Crippen LogP contribution is 2.35. The fourth-order valence-electron chi connectivity index (χ4n) is 4.15. The van der Waals surface area contributed by atoms with E-state index in [9.17, 15) is 27.2 Å². The monoisotopic (exact) mass is 547 g/mol. The number of benzene rings is 3. The molecule has 38 heavy (non-hydrogen) atoms. The lowest BCUT2D eigenvalue weighted by atomic mass is 10.1. The Morgan fingerprint density at radius 3 is 2.32 bits per heavy atom. The average Bonchev–Trinajstić information content (AvgIpc) is 2.89. The maximum Gasteiger partial charge on any atom is 0.416 e. The van der Waals surface area contributed by atoms with Crippen molar-refractivity contribution in [2.45, 2.75) is 25.3 Å². The molecule has 0 fully saturated rings. The smallest absolute Gasteiger partial charge is 0.416 e. The minimum Gasteiger partial charge on any atom is -0.495 e. The second-order valence-electron chi connectivity index (χ2n) is 8.47. The number of ether oxygens (including phenoxy) is 1. The van der Waals surface area contributed by atoms with E-state index in [0.717, 1.165) is 33.5 Å². The van der Waals surface area contributed by atoms with Crippen LogP contribution in [-0.2, 0) is 19.3 Å². The molecule has 198 valence electrons. The molecule has 0 spiro atoms. The first-order valence-corrected chi connectivity index (χ1v) is 11.7. The number of hydrogen-bond acceptors (Lipinski definition) is 4. The molecular weight excluding hydrogens is 526 g/mol. The summed E-state index contributed by atoms with van der Waals surface area (Å²) in [6.45, 7) is -1.09. The summed E-state index contributed by atoms with van der Waals surface area (Å²) in [6, 6.07) is 15.0. The molecule has 0 saturated heterocycles. The van der Waals surface area contributed by atoms with Crippen LogP contribution in [0.3, 0.4) is 0 Å². The van der Waals surface area contributed by atoms with Crippen LogP contribution in [-0.4, -0.2) is 16.2 Å². The molecule has 1 aromatic heterocycles. The van der Waals surface area contributed by atoms with Gasteiger partial charge in [-0.1, -0.05) is 60.1 Å². The molecular formula is C27H22ClF4N3O3. The third kappa shape index (κ3) is 5.36. The van der Waals surface area contributed by atoms with Gasteiger partial charge in [-0.15, -0.1) is 0 Å². The van der Waals surface area contributed by atoms with Crippen molar-refractivity contribution in [1.29, 1.82) is 0 Å². The SMILES string of the molecule is COc1cccc(-c2cn(Cc3c(F)cccc3C(F)(F)F)c(=O)n(CC(N)c3ccccc3)c2=O)c1Cl. The zero-order valence-electron chi connectivity index (χ0n) is 20.0. The molecule has 4 aromatic rings. The summed E-state index contributed by atoms with van der Waals surface area (Å²) in [5, 5.41) is 0.0538. The van der Waals surface area contributed by atoms with Gasteiger partial charge in [-0.3, -0.25) is 13.9 Å². The van der Waals surface area contributed by atoms with Crippen LogP contribution in [0.2, 0.25) is 5.02 Å². The van der Waals surface area contributed by atoms with Crippen LogP contribution in [0.1, 0.15) is 22.7 Å². The number of rotatable bonds is 7. The van der Waals surface area contributed by atoms with E-state index in [1.807, 2.05) is 0 Å². The van der Waals surface area contributed by atoms with Gasteiger partial charge in [-0.05, 0) is 23.8 Å². The molecule has 11 heteroatoms. The van der Waals surface area contributed by atoms with Gasteiger partial charge in [0.15, 0.2) is 0 Å². The average molecular weight is 548 g/mol. The Hall–Kier alpha value is -3.89. The third-order valence-corrected chi connectivity index (χ3v) is 6.46. The highest BCUT2D eigenvalue weighted by Gasteiger charge is 2.34. The van der Waals surface area contributed by atoms with Crippen molar-refractivity contribution >= 4 is 11.6 Å². The highest BCUT2D eigenvalue weighted by molar-refractivity contribution is 6.34. The summed E-state index contributed by atoms with van der Waals surface area (Å²) in [4.78, 5) is 27.0. The van der Waals surface area contributed by atoms with Crippen LogP contribution in [0.5, 0.6) is 5.75 Å². The molecule has 1 unspecified atom stereocenters. The van der Waals surface area contributed by atoms with Crippen molar-refractivity contribution in [1.82, 2.24) is 9.13 Å². The zero-order chi connectivity index (χ0) is 27.6. The van der Waals surface area contributed by atoms with Crippen LogP contribution in [0.25, 0.3) is 11.1 Å². The maximum atomic E-state index is 14.7. The molecule has 0 amide bonds. The van der Waals surface area contributed by atoms with Gasteiger partial charge in [-0.25, -0.2) is 9.18 Å². The minimum absolute atomic E-state index is 0.0538. The van der Waals surface area contributed by atoms with Gasteiger partial charge in [0.2, 0.25) is 0 Å². The van der Waals surface area contributed by atoms with E-state index < -0.39 is 47.0 Å². The van der Waals surface area contributed by atoms with Gasteiger partial charge in [0, 0.05) is 23.4 Å². The van der Waals surface area contributed by atoms with E-state index in [1.165, 1.54) is 13.2 Å². The van der Waals surface area contributed by atoms with E-state index in [0.29, 0.717) is 5.56 Å². The molecule has 0 bridgehead atoms. The fraction of sp³-hybridized carbons (Fsp3) is 0.185. The quantitative estimate of drug-likeness (QED) is 0.321. The second-order valence-corrected chi connectivity index (χ2v) is 8.85. The molecule has 0 aliphatic carbocycles. The number of methoxy groups -OCH3 is 1. The Morgan fingerprint density at radius 2 is 1.66 bits per heavy atom. The normalized spacial score (nSPS) is 12.4.